The zero-order valence-corrected chi connectivity index (χ0v) is 7.59. The minimum atomic E-state index is -4.20. The predicted octanol–water partition coefficient (Wildman–Crippen LogP) is -1.67. The zero-order valence-electron chi connectivity index (χ0n) is 6.70. The van der Waals surface area contributed by atoms with Crippen molar-refractivity contribution in [3.63, 3.8) is 0 Å². The zero-order chi connectivity index (χ0) is 10.6. The summed E-state index contributed by atoms with van der Waals surface area (Å²) in [5, 5.41) is 17.3. The van der Waals surface area contributed by atoms with Crippen LogP contribution in [0.25, 0.3) is 0 Å². The Morgan fingerprint density at radius 1 is 1.46 bits per heavy atom. The van der Waals surface area contributed by atoms with Crippen LogP contribution in [0, 0.1) is 0 Å². The average molecular weight is 213 g/mol. The summed E-state index contributed by atoms with van der Waals surface area (Å²) in [5.74, 6) is -1.40. The standard InChI is InChI=1S/C5H12NO6P/c6-4(5(8)9)3(7)1-2-13(10,11)12/h3-4,7H,1-2,6H2,(H,8,9)(H2,10,11,12)/t3?,4-/m0/s1. The van der Waals surface area contributed by atoms with Gasteiger partial charge < -0.3 is 25.7 Å². The molecule has 13 heavy (non-hydrogen) atoms. The summed E-state index contributed by atoms with van der Waals surface area (Å²) in [5.41, 5.74) is 4.99. The van der Waals surface area contributed by atoms with Gasteiger partial charge in [0.05, 0.1) is 12.3 Å². The van der Waals surface area contributed by atoms with Crippen LogP contribution in [-0.4, -0.2) is 44.3 Å². The second-order valence-corrected chi connectivity index (χ2v) is 4.38. The van der Waals surface area contributed by atoms with Crippen molar-refractivity contribution in [3.05, 3.63) is 0 Å². The van der Waals surface area contributed by atoms with Gasteiger partial charge in [0.1, 0.15) is 6.04 Å². The Labute approximate surface area is 74.3 Å². The fraction of sp³-hybridized carbons (Fsp3) is 0.800. The Hall–Kier alpha value is -0.460. The van der Waals surface area contributed by atoms with E-state index in [1.54, 1.807) is 0 Å². The molecule has 0 spiro atoms. The van der Waals surface area contributed by atoms with Gasteiger partial charge >= 0.3 is 13.6 Å². The molecule has 0 fully saturated rings. The van der Waals surface area contributed by atoms with Crippen LogP contribution in [0.15, 0.2) is 0 Å². The highest BCUT2D eigenvalue weighted by Gasteiger charge is 2.24. The highest BCUT2D eigenvalue weighted by Crippen LogP contribution is 2.35. The van der Waals surface area contributed by atoms with Crippen molar-refractivity contribution in [2.45, 2.75) is 18.6 Å². The van der Waals surface area contributed by atoms with Crippen LogP contribution in [0.3, 0.4) is 0 Å². The van der Waals surface area contributed by atoms with E-state index in [2.05, 4.69) is 0 Å². The molecule has 0 aromatic rings. The van der Waals surface area contributed by atoms with E-state index in [9.17, 15) is 9.36 Å². The molecule has 0 aromatic carbocycles. The minimum absolute atomic E-state index is 0.336. The lowest BCUT2D eigenvalue weighted by molar-refractivity contribution is -0.141. The van der Waals surface area contributed by atoms with Gasteiger partial charge in [0.2, 0.25) is 0 Å². The van der Waals surface area contributed by atoms with Crippen molar-refractivity contribution >= 4 is 13.6 Å². The lowest BCUT2D eigenvalue weighted by atomic mass is 10.1. The SMILES string of the molecule is N[C@H](C(=O)O)C(O)CCP(=O)(O)O. The smallest absolute Gasteiger partial charge is 0.325 e. The van der Waals surface area contributed by atoms with E-state index in [4.69, 9.17) is 25.7 Å². The fourth-order valence-corrected chi connectivity index (χ4v) is 1.25. The van der Waals surface area contributed by atoms with Gasteiger partial charge in [0, 0.05) is 0 Å². The number of aliphatic hydroxyl groups excluding tert-OH is 1. The fourth-order valence-electron chi connectivity index (χ4n) is 0.645. The van der Waals surface area contributed by atoms with Crippen molar-refractivity contribution < 1.29 is 29.4 Å². The molecule has 0 radical (unpaired) electrons. The largest absolute Gasteiger partial charge is 0.480 e. The summed E-state index contributed by atoms with van der Waals surface area (Å²) in [6.07, 6.45) is -2.35. The molecule has 0 aliphatic heterocycles. The van der Waals surface area contributed by atoms with Crippen molar-refractivity contribution in [3.8, 4) is 0 Å². The summed E-state index contributed by atoms with van der Waals surface area (Å²) < 4.78 is 10.3. The first-order valence-electron chi connectivity index (χ1n) is 3.45. The van der Waals surface area contributed by atoms with Gasteiger partial charge in [0.25, 0.3) is 0 Å². The highest BCUT2D eigenvalue weighted by atomic mass is 31.2. The first kappa shape index (κ1) is 12.5. The van der Waals surface area contributed by atoms with E-state index in [-0.39, 0.29) is 6.42 Å². The molecule has 7 nitrogen and oxygen atoms in total. The summed E-state index contributed by atoms with van der Waals surface area (Å²) in [4.78, 5) is 27.0. The van der Waals surface area contributed by atoms with Gasteiger partial charge in [-0.05, 0) is 6.42 Å². The molecule has 0 rings (SSSR count). The molecular formula is C5H12NO6P. The predicted molar refractivity (Wildman–Crippen MR) is 43.1 cm³/mol. The number of carboxylic acid groups (broad SMARTS) is 1. The maximum Gasteiger partial charge on any atom is 0.325 e. The van der Waals surface area contributed by atoms with Gasteiger partial charge in [-0.3, -0.25) is 9.36 Å². The summed E-state index contributed by atoms with van der Waals surface area (Å²) in [6, 6.07) is -1.51. The van der Waals surface area contributed by atoms with Crippen molar-refractivity contribution in [2.75, 3.05) is 6.16 Å². The van der Waals surface area contributed by atoms with Gasteiger partial charge in [-0.25, -0.2) is 0 Å². The number of carbonyl (C=O) groups is 1. The van der Waals surface area contributed by atoms with E-state index in [1.807, 2.05) is 0 Å². The molecule has 0 amide bonds. The third kappa shape index (κ3) is 5.73. The van der Waals surface area contributed by atoms with Gasteiger partial charge in [-0.1, -0.05) is 0 Å². The second kappa shape index (κ2) is 4.69. The van der Waals surface area contributed by atoms with Crippen molar-refractivity contribution in [2.24, 2.45) is 5.73 Å². The van der Waals surface area contributed by atoms with Crippen molar-refractivity contribution in [1.29, 1.82) is 0 Å². The van der Waals surface area contributed by atoms with Gasteiger partial charge in [0.15, 0.2) is 0 Å². The molecule has 0 heterocycles. The second-order valence-electron chi connectivity index (χ2n) is 2.61. The molecule has 78 valence electrons. The minimum Gasteiger partial charge on any atom is -0.480 e. The normalized spacial score (nSPS) is 16.6. The van der Waals surface area contributed by atoms with Crippen LogP contribution >= 0.6 is 7.60 Å². The Bertz CT molecular complexity index is 225. The number of aliphatic hydroxyl groups is 1. The first-order valence-corrected chi connectivity index (χ1v) is 5.25. The number of nitrogens with two attached hydrogens (primary N) is 1. The molecule has 0 aliphatic carbocycles. The molecule has 0 aromatic heterocycles. The molecule has 2 atom stereocenters. The Morgan fingerprint density at radius 3 is 2.23 bits per heavy atom. The monoisotopic (exact) mass is 213 g/mol. The van der Waals surface area contributed by atoms with Gasteiger partial charge in [-0.2, -0.15) is 0 Å². The summed E-state index contributed by atoms with van der Waals surface area (Å²) in [6.45, 7) is 0. The van der Waals surface area contributed by atoms with Crippen LogP contribution in [-0.2, 0) is 9.36 Å². The molecule has 0 aliphatic rings. The number of carboxylic acids is 1. The van der Waals surface area contributed by atoms with Crippen LogP contribution in [0.2, 0.25) is 0 Å². The van der Waals surface area contributed by atoms with E-state index < -0.39 is 31.9 Å². The molecule has 0 bridgehead atoms. The molecule has 1 unspecified atom stereocenters. The number of aliphatic carboxylic acids is 1. The maximum absolute atomic E-state index is 10.3. The van der Waals surface area contributed by atoms with Crippen LogP contribution in [0.1, 0.15) is 6.42 Å². The Balaban J connectivity index is 3.95. The van der Waals surface area contributed by atoms with Crippen LogP contribution < -0.4 is 5.73 Å². The highest BCUT2D eigenvalue weighted by molar-refractivity contribution is 7.51. The number of rotatable bonds is 5. The van der Waals surface area contributed by atoms with Gasteiger partial charge in [-0.15, -0.1) is 0 Å². The average Bonchev–Trinajstić information content (AvgIpc) is 1.97. The van der Waals surface area contributed by atoms with E-state index in [1.165, 1.54) is 0 Å². The molecule has 0 saturated heterocycles. The lowest BCUT2D eigenvalue weighted by Gasteiger charge is -2.14. The van der Waals surface area contributed by atoms with Crippen LogP contribution in [0.5, 0.6) is 0 Å². The Morgan fingerprint density at radius 2 is 1.92 bits per heavy atom. The van der Waals surface area contributed by atoms with Crippen LogP contribution in [0.4, 0.5) is 0 Å². The molecule has 6 N–H and O–H groups in total. The number of hydrogen-bond donors (Lipinski definition) is 5. The summed E-state index contributed by atoms with van der Waals surface area (Å²) in [7, 11) is -4.20. The molecule has 8 heteroatoms. The van der Waals surface area contributed by atoms with E-state index >= 15 is 0 Å². The Kier molecular flexibility index (Phi) is 4.52. The third-order valence-electron chi connectivity index (χ3n) is 1.42. The first-order chi connectivity index (χ1) is 5.74. The van der Waals surface area contributed by atoms with E-state index in [0.29, 0.717) is 0 Å². The molecule has 0 saturated carbocycles. The topological polar surface area (TPSA) is 141 Å². The summed E-state index contributed by atoms with van der Waals surface area (Å²) >= 11 is 0. The maximum atomic E-state index is 10.3. The molecular weight excluding hydrogens is 201 g/mol. The number of hydrogen-bond acceptors (Lipinski definition) is 4. The third-order valence-corrected chi connectivity index (χ3v) is 2.26. The lowest BCUT2D eigenvalue weighted by Crippen LogP contribution is -2.42. The van der Waals surface area contributed by atoms with E-state index in [0.717, 1.165) is 0 Å². The quantitative estimate of drug-likeness (QED) is 0.343. The van der Waals surface area contributed by atoms with Crippen molar-refractivity contribution in [1.82, 2.24) is 0 Å².